The van der Waals surface area contributed by atoms with Gasteiger partial charge in [-0.25, -0.2) is 0 Å². The summed E-state index contributed by atoms with van der Waals surface area (Å²) in [7, 11) is 3.28. The van der Waals surface area contributed by atoms with Crippen LogP contribution in [0.4, 0.5) is 0 Å². The van der Waals surface area contributed by atoms with Gasteiger partial charge in [-0.1, -0.05) is 26.8 Å². The lowest BCUT2D eigenvalue weighted by Gasteiger charge is -2.26. The van der Waals surface area contributed by atoms with Crippen molar-refractivity contribution in [2.24, 2.45) is 11.7 Å². The lowest BCUT2D eigenvalue weighted by Crippen LogP contribution is -2.34. The van der Waals surface area contributed by atoms with E-state index in [1.54, 1.807) is 14.2 Å². The van der Waals surface area contributed by atoms with E-state index in [4.69, 9.17) is 15.2 Å². The number of rotatable bonds is 8. The molecule has 0 amide bonds. The Hall–Kier alpha value is -1.26. The summed E-state index contributed by atoms with van der Waals surface area (Å²) in [6, 6.07) is 5.86. The highest BCUT2D eigenvalue weighted by Crippen LogP contribution is 2.29. The molecule has 0 spiro atoms. The van der Waals surface area contributed by atoms with E-state index < -0.39 is 0 Å². The molecule has 1 atom stereocenters. The average molecular weight is 280 g/mol. The van der Waals surface area contributed by atoms with Gasteiger partial charge in [-0.05, 0) is 30.2 Å². The van der Waals surface area contributed by atoms with Gasteiger partial charge in [0, 0.05) is 19.1 Å². The number of nitrogens with two attached hydrogens (primary N) is 1. The molecule has 114 valence electrons. The highest BCUT2D eigenvalue weighted by molar-refractivity contribution is 5.43. The molecule has 1 aromatic carbocycles. The van der Waals surface area contributed by atoms with Gasteiger partial charge in [0.2, 0.25) is 0 Å². The van der Waals surface area contributed by atoms with Crippen LogP contribution in [-0.2, 0) is 0 Å². The van der Waals surface area contributed by atoms with Crippen LogP contribution in [0, 0.1) is 5.92 Å². The van der Waals surface area contributed by atoms with Gasteiger partial charge in [0.25, 0.3) is 0 Å². The van der Waals surface area contributed by atoms with Crippen LogP contribution in [-0.4, -0.2) is 38.8 Å². The van der Waals surface area contributed by atoms with Crippen molar-refractivity contribution in [1.29, 1.82) is 0 Å². The molecule has 0 bridgehead atoms. The third-order valence-electron chi connectivity index (χ3n) is 3.36. The van der Waals surface area contributed by atoms with E-state index in [1.807, 2.05) is 18.2 Å². The first-order chi connectivity index (χ1) is 9.51. The third kappa shape index (κ3) is 4.69. The summed E-state index contributed by atoms with van der Waals surface area (Å²) in [6.45, 7) is 9.56. The molecule has 0 aliphatic carbocycles. The van der Waals surface area contributed by atoms with Gasteiger partial charge >= 0.3 is 0 Å². The van der Waals surface area contributed by atoms with E-state index in [9.17, 15) is 0 Å². The monoisotopic (exact) mass is 280 g/mol. The van der Waals surface area contributed by atoms with Crippen molar-refractivity contribution in [2.75, 3.05) is 33.9 Å². The molecule has 1 aromatic rings. The van der Waals surface area contributed by atoms with Crippen LogP contribution >= 0.6 is 0 Å². The van der Waals surface area contributed by atoms with E-state index in [0.29, 0.717) is 5.92 Å². The minimum Gasteiger partial charge on any atom is -0.493 e. The molecular weight excluding hydrogens is 252 g/mol. The summed E-state index contributed by atoms with van der Waals surface area (Å²) in [5.74, 6) is 2.11. The van der Waals surface area contributed by atoms with Crippen LogP contribution in [0.5, 0.6) is 11.5 Å². The molecule has 4 nitrogen and oxygen atoms in total. The Bertz CT molecular complexity index is 407. The summed E-state index contributed by atoms with van der Waals surface area (Å²) in [4.78, 5) is 2.38. The second-order valence-corrected chi connectivity index (χ2v) is 5.47. The maximum atomic E-state index is 6.32. The second kappa shape index (κ2) is 8.12. The average Bonchev–Trinajstić information content (AvgIpc) is 2.45. The zero-order valence-electron chi connectivity index (χ0n) is 13.3. The van der Waals surface area contributed by atoms with Crippen molar-refractivity contribution in [3.8, 4) is 11.5 Å². The van der Waals surface area contributed by atoms with Gasteiger partial charge in [-0.15, -0.1) is 0 Å². The number of hydrogen-bond donors (Lipinski definition) is 1. The van der Waals surface area contributed by atoms with Crippen molar-refractivity contribution in [1.82, 2.24) is 4.90 Å². The number of hydrogen-bond acceptors (Lipinski definition) is 4. The first kappa shape index (κ1) is 16.8. The van der Waals surface area contributed by atoms with Crippen molar-refractivity contribution in [3.63, 3.8) is 0 Å². The molecule has 0 aliphatic rings. The largest absolute Gasteiger partial charge is 0.493 e. The molecular formula is C16H28N2O2. The first-order valence-electron chi connectivity index (χ1n) is 7.21. The fourth-order valence-corrected chi connectivity index (χ4v) is 2.32. The highest BCUT2D eigenvalue weighted by atomic mass is 16.5. The first-order valence-corrected chi connectivity index (χ1v) is 7.21. The maximum absolute atomic E-state index is 6.32. The Balaban J connectivity index is 2.78. The number of nitrogens with zero attached hydrogens (tertiary/aromatic N) is 1. The molecule has 0 saturated carbocycles. The molecule has 1 rings (SSSR count). The van der Waals surface area contributed by atoms with Crippen LogP contribution in [0.2, 0.25) is 0 Å². The normalized spacial score (nSPS) is 12.8. The number of benzene rings is 1. The lowest BCUT2D eigenvalue weighted by molar-refractivity contribution is 0.242. The lowest BCUT2D eigenvalue weighted by atomic mass is 10.1. The van der Waals surface area contributed by atoms with Gasteiger partial charge in [0.15, 0.2) is 11.5 Å². The van der Waals surface area contributed by atoms with E-state index in [-0.39, 0.29) is 6.04 Å². The topological polar surface area (TPSA) is 47.7 Å². The quantitative estimate of drug-likeness (QED) is 0.795. The van der Waals surface area contributed by atoms with Gasteiger partial charge < -0.3 is 20.1 Å². The molecule has 0 heterocycles. The van der Waals surface area contributed by atoms with Crippen LogP contribution in [0.3, 0.4) is 0 Å². The van der Waals surface area contributed by atoms with Crippen LogP contribution in [0.25, 0.3) is 0 Å². The van der Waals surface area contributed by atoms with Crippen LogP contribution in [0.15, 0.2) is 18.2 Å². The Morgan fingerprint density at radius 1 is 1.10 bits per heavy atom. The molecule has 2 N–H and O–H groups in total. The SMILES string of the molecule is CCN(CC(C)C)CC(N)c1ccc(OC)c(OC)c1. The predicted molar refractivity (Wildman–Crippen MR) is 83.4 cm³/mol. The molecule has 0 saturated heterocycles. The predicted octanol–water partition coefficient (Wildman–Crippen LogP) is 2.68. The van der Waals surface area contributed by atoms with Gasteiger partial charge in [-0.3, -0.25) is 0 Å². The summed E-state index contributed by atoms with van der Waals surface area (Å²) in [5, 5.41) is 0. The molecule has 0 aliphatic heterocycles. The molecule has 0 radical (unpaired) electrons. The Kier molecular flexibility index (Phi) is 6.82. The Morgan fingerprint density at radius 2 is 1.75 bits per heavy atom. The third-order valence-corrected chi connectivity index (χ3v) is 3.36. The van der Waals surface area contributed by atoms with E-state index >= 15 is 0 Å². The number of likely N-dealkylation sites (N-methyl/N-ethyl adjacent to an activating group) is 1. The molecule has 4 heteroatoms. The number of ether oxygens (including phenoxy) is 2. The second-order valence-electron chi connectivity index (χ2n) is 5.47. The van der Waals surface area contributed by atoms with E-state index in [2.05, 4.69) is 25.7 Å². The smallest absolute Gasteiger partial charge is 0.161 e. The minimum atomic E-state index is -0.0199. The summed E-state index contributed by atoms with van der Waals surface area (Å²) in [6.07, 6.45) is 0. The molecule has 20 heavy (non-hydrogen) atoms. The number of methoxy groups -OCH3 is 2. The van der Waals surface area contributed by atoms with Gasteiger partial charge in [0.05, 0.1) is 14.2 Å². The zero-order chi connectivity index (χ0) is 15.1. The summed E-state index contributed by atoms with van der Waals surface area (Å²) in [5.41, 5.74) is 7.40. The van der Waals surface area contributed by atoms with Crippen molar-refractivity contribution in [2.45, 2.75) is 26.8 Å². The Morgan fingerprint density at radius 3 is 2.25 bits per heavy atom. The van der Waals surface area contributed by atoms with Crippen molar-refractivity contribution >= 4 is 0 Å². The van der Waals surface area contributed by atoms with E-state index in [1.165, 1.54) is 0 Å². The van der Waals surface area contributed by atoms with Gasteiger partial charge in [-0.2, -0.15) is 0 Å². The Labute approximate surface area is 122 Å². The van der Waals surface area contributed by atoms with Crippen LogP contribution < -0.4 is 15.2 Å². The molecule has 1 unspecified atom stereocenters. The molecule has 0 aromatic heterocycles. The van der Waals surface area contributed by atoms with Crippen molar-refractivity contribution in [3.05, 3.63) is 23.8 Å². The zero-order valence-corrected chi connectivity index (χ0v) is 13.3. The van der Waals surface area contributed by atoms with Crippen LogP contribution in [0.1, 0.15) is 32.4 Å². The fraction of sp³-hybridized carbons (Fsp3) is 0.625. The van der Waals surface area contributed by atoms with Gasteiger partial charge in [0.1, 0.15) is 0 Å². The van der Waals surface area contributed by atoms with E-state index in [0.717, 1.165) is 36.7 Å². The minimum absolute atomic E-state index is 0.0199. The molecule has 0 fully saturated rings. The van der Waals surface area contributed by atoms with Crippen molar-refractivity contribution < 1.29 is 9.47 Å². The summed E-state index contributed by atoms with van der Waals surface area (Å²) >= 11 is 0. The standard InChI is InChI=1S/C16H28N2O2/c1-6-18(10-12(2)3)11-14(17)13-7-8-15(19-4)16(9-13)20-5/h7-9,12,14H,6,10-11,17H2,1-5H3. The highest BCUT2D eigenvalue weighted by Gasteiger charge is 2.14. The maximum Gasteiger partial charge on any atom is 0.161 e. The summed E-state index contributed by atoms with van der Waals surface area (Å²) < 4.78 is 10.6. The fourth-order valence-electron chi connectivity index (χ4n) is 2.32.